The molecular formula is C21H30N2O4. The molecule has 6 heteroatoms. The number of benzene rings is 1. The highest BCUT2D eigenvalue weighted by molar-refractivity contribution is 5.92. The number of nitrogens with zero attached hydrogens (tertiary/aromatic N) is 1. The number of likely N-dealkylation sites (N-methyl/N-ethyl adjacent to an activating group) is 1. The Labute approximate surface area is 160 Å². The molecule has 0 radical (unpaired) electrons. The first-order valence-corrected chi connectivity index (χ1v) is 9.85. The SMILES string of the molecule is CCN(CC)C(=O)C1(NC(=O)CCc2ccccc2C(=O)O)CCCCC1. The highest BCUT2D eigenvalue weighted by Crippen LogP contribution is 2.30. The molecule has 0 aliphatic heterocycles. The summed E-state index contributed by atoms with van der Waals surface area (Å²) in [5.74, 6) is -1.18. The van der Waals surface area contributed by atoms with Gasteiger partial charge >= 0.3 is 5.97 Å². The normalized spacial score (nSPS) is 15.8. The number of aryl methyl sites for hydroxylation is 1. The first-order chi connectivity index (χ1) is 12.9. The van der Waals surface area contributed by atoms with Crippen molar-refractivity contribution in [1.82, 2.24) is 10.2 Å². The van der Waals surface area contributed by atoms with Gasteiger partial charge in [-0.05, 0) is 44.7 Å². The Balaban J connectivity index is 2.08. The van der Waals surface area contributed by atoms with Gasteiger partial charge in [-0.1, -0.05) is 37.5 Å². The predicted molar refractivity (Wildman–Crippen MR) is 104 cm³/mol. The zero-order valence-corrected chi connectivity index (χ0v) is 16.3. The maximum absolute atomic E-state index is 13.1. The molecule has 1 aliphatic carbocycles. The van der Waals surface area contributed by atoms with Gasteiger partial charge in [0.15, 0.2) is 0 Å². The molecule has 1 fully saturated rings. The lowest BCUT2D eigenvalue weighted by Gasteiger charge is -2.40. The molecule has 27 heavy (non-hydrogen) atoms. The lowest BCUT2D eigenvalue weighted by molar-refractivity contribution is -0.143. The Bertz CT molecular complexity index is 677. The number of carbonyl (C=O) groups is 3. The summed E-state index contributed by atoms with van der Waals surface area (Å²) in [7, 11) is 0. The van der Waals surface area contributed by atoms with E-state index in [9.17, 15) is 19.5 Å². The van der Waals surface area contributed by atoms with E-state index in [4.69, 9.17) is 0 Å². The van der Waals surface area contributed by atoms with Crippen molar-refractivity contribution in [3.8, 4) is 0 Å². The molecule has 1 aliphatic rings. The van der Waals surface area contributed by atoms with Crippen LogP contribution in [0.2, 0.25) is 0 Å². The number of rotatable bonds is 8. The molecule has 0 aromatic heterocycles. The van der Waals surface area contributed by atoms with E-state index in [0.29, 0.717) is 37.9 Å². The molecule has 6 nitrogen and oxygen atoms in total. The molecule has 1 aromatic carbocycles. The van der Waals surface area contributed by atoms with Crippen molar-refractivity contribution in [3.63, 3.8) is 0 Å². The Morgan fingerprint density at radius 1 is 1.07 bits per heavy atom. The van der Waals surface area contributed by atoms with E-state index in [1.807, 2.05) is 13.8 Å². The van der Waals surface area contributed by atoms with Crippen LogP contribution in [0.15, 0.2) is 24.3 Å². The van der Waals surface area contributed by atoms with Gasteiger partial charge in [0.05, 0.1) is 5.56 Å². The second-order valence-electron chi connectivity index (χ2n) is 7.13. The molecule has 2 N–H and O–H groups in total. The largest absolute Gasteiger partial charge is 0.478 e. The van der Waals surface area contributed by atoms with Crippen LogP contribution in [-0.2, 0) is 16.0 Å². The van der Waals surface area contributed by atoms with E-state index < -0.39 is 11.5 Å². The van der Waals surface area contributed by atoms with Gasteiger partial charge in [-0.15, -0.1) is 0 Å². The highest BCUT2D eigenvalue weighted by Gasteiger charge is 2.42. The van der Waals surface area contributed by atoms with E-state index in [1.54, 1.807) is 29.2 Å². The third-order valence-electron chi connectivity index (χ3n) is 5.42. The van der Waals surface area contributed by atoms with Crippen molar-refractivity contribution in [2.45, 2.75) is 64.3 Å². The summed E-state index contributed by atoms with van der Waals surface area (Å²) >= 11 is 0. The van der Waals surface area contributed by atoms with Gasteiger partial charge in [0.25, 0.3) is 0 Å². The molecule has 1 saturated carbocycles. The first-order valence-electron chi connectivity index (χ1n) is 9.85. The minimum atomic E-state index is -0.994. The summed E-state index contributed by atoms with van der Waals surface area (Å²) in [6, 6.07) is 6.72. The monoisotopic (exact) mass is 374 g/mol. The fourth-order valence-electron chi connectivity index (χ4n) is 3.89. The third kappa shape index (κ3) is 5.08. The molecule has 0 bridgehead atoms. The Morgan fingerprint density at radius 2 is 1.70 bits per heavy atom. The van der Waals surface area contributed by atoms with Crippen molar-refractivity contribution in [1.29, 1.82) is 0 Å². The van der Waals surface area contributed by atoms with Gasteiger partial charge < -0.3 is 15.3 Å². The number of carbonyl (C=O) groups excluding carboxylic acids is 2. The highest BCUT2D eigenvalue weighted by atomic mass is 16.4. The number of hydrogen-bond donors (Lipinski definition) is 2. The van der Waals surface area contributed by atoms with Gasteiger partial charge in [-0.2, -0.15) is 0 Å². The van der Waals surface area contributed by atoms with Crippen molar-refractivity contribution >= 4 is 17.8 Å². The van der Waals surface area contributed by atoms with Crippen LogP contribution in [0, 0.1) is 0 Å². The van der Waals surface area contributed by atoms with Crippen molar-refractivity contribution in [2.75, 3.05) is 13.1 Å². The van der Waals surface area contributed by atoms with Gasteiger partial charge in [-0.3, -0.25) is 9.59 Å². The van der Waals surface area contributed by atoms with Crippen molar-refractivity contribution in [3.05, 3.63) is 35.4 Å². The topological polar surface area (TPSA) is 86.7 Å². The fourth-order valence-corrected chi connectivity index (χ4v) is 3.89. The van der Waals surface area contributed by atoms with Crippen molar-refractivity contribution < 1.29 is 19.5 Å². The quantitative estimate of drug-likeness (QED) is 0.732. The minimum absolute atomic E-state index is 0.00601. The number of hydrogen-bond acceptors (Lipinski definition) is 3. The third-order valence-corrected chi connectivity index (χ3v) is 5.42. The summed E-state index contributed by atoms with van der Waals surface area (Å²) in [6.07, 6.45) is 4.76. The van der Waals surface area contributed by atoms with Crippen LogP contribution in [-0.4, -0.2) is 46.4 Å². The number of amides is 2. The van der Waals surface area contributed by atoms with Gasteiger partial charge in [-0.25, -0.2) is 4.79 Å². The molecule has 148 valence electrons. The number of carboxylic acid groups (broad SMARTS) is 1. The first kappa shape index (κ1) is 20.9. The average molecular weight is 374 g/mol. The smallest absolute Gasteiger partial charge is 0.335 e. The maximum Gasteiger partial charge on any atom is 0.335 e. The lowest BCUT2D eigenvalue weighted by Crippen LogP contribution is -2.60. The molecule has 0 heterocycles. The minimum Gasteiger partial charge on any atom is -0.478 e. The zero-order chi connectivity index (χ0) is 19.9. The molecular weight excluding hydrogens is 344 g/mol. The Hall–Kier alpha value is -2.37. The van der Waals surface area contributed by atoms with E-state index in [-0.39, 0.29) is 23.8 Å². The predicted octanol–water partition coefficient (Wildman–Crippen LogP) is 3.00. The Kier molecular flexibility index (Phi) is 7.39. The van der Waals surface area contributed by atoms with Crippen LogP contribution < -0.4 is 5.32 Å². The maximum atomic E-state index is 13.1. The lowest BCUT2D eigenvalue weighted by atomic mass is 9.80. The summed E-state index contributed by atoms with van der Waals surface area (Å²) in [5, 5.41) is 12.3. The second-order valence-corrected chi connectivity index (χ2v) is 7.13. The standard InChI is InChI=1S/C21H30N2O4/c1-3-23(4-2)20(27)21(14-8-5-9-15-21)22-18(24)13-12-16-10-6-7-11-17(16)19(25)26/h6-7,10-11H,3-5,8-9,12-15H2,1-2H3,(H,22,24)(H,25,26). The van der Waals surface area contributed by atoms with Gasteiger partial charge in [0.2, 0.25) is 11.8 Å². The molecule has 0 unspecified atom stereocenters. The zero-order valence-electron chi connectivity index (χ0n) is 16.3. The van der Waals surface area contributed by atoms with E-state index in [2.05, 4.69) is 5.32 Å². The molecule has 2 rings (SSSR count). The van der Waals surface area contributed by atoms with Crippen LogP contribution in [0.3, 0.4) is 0 Å². The van der Waals surface area contributed by atoms with Crippen LogP contribution in [0.25, 0.3) is 0 Å². The molecule has 0 spiro atoms. The van der Waals surface area contributed by atoms with Crippen LogP contribution >= 0.6 is 0 Å². The van der Waals surface area contributed by atoms with E-state index in [0.717, 1.165) is 19.3 Å². The van der Waals surface area contributed by atoms with Gasteiger partial charge in [0, 0.05) is 19.5 Å². The summed E-state index contributed by atoms with van der Waals surface area (Å²) in [4.78, 5) is 38.8. The molecule has 2 amide bonds. The molecule has 0 atom stereocenters. The van der Waals surface area contributed by atoms with E-state index in [1.165, 1.54) is 0 Å². The summed E-state index contributed by atoms with van der Waals surface area (Å²) < 4.78 is 0. The van der Waals surface area contributed by atoms with E-state index >= 15 is 0 Å². The summed E-state index contributed by atoms with van der Waals surface area (Å²) in [5.41, 5.74) is 0.0398. The fraction of sp³-hybridized carbons (Fsp3) is 0.571. The average Bonchev–Trinajstić information content (AvgIpc) is 2.68. The van der Waals surface area contributed by atoms with Crippen LogP contribution in [0.4, 0.5) is 0 Å². The van der Waals surface area contributed by atoms with Gasteiger partial charge in [0.1, 0.15) is 5.54 Å². The molecule has 0 saturated heterocycles. The second kappa shape index (κ2) is 9.53. The van der Waals surface area contributed by atoms with Crippen LogP contribution in [0.1, 0.15) is 68.3 Å². The van der Waals surface area contributed by atoms with Crippen LogP contribution in [0.5, 0.6) is 0 Å². The summed E-state index contributed by atoms with van der Waals surface area (Å²) in [6.45, 7) is 5.14. The Morgan fingerprint density at radius 3 is 2.30 bits per heavy atom. The number of nitrogens with one attached hydrogen (secondary N) is 1. The molecule has 1 aromatic rings. The number of carboxylic acids is 1. The number of aromatic carboxylic acids is 1. The van der Waals surface area contributed by atoms with Crippen molar-refractivity contribution in [2.24, 2.45) is 0 Å².